The van der Waals surface area contributed by atoms with Gasteiger partial charge in [0.05, 0.1) is 12.6 Å². The van der Waals surface area contributed by atoms with Gasteiger partial charge in [0.2, 0.25) is 5.91 Å². The maximum Gasteiger partial charge on any atom is 0.324 e. The standard InChI is InChI=1S/C23H36N6O3.HI/c1-2-24-22(26-12-15-29-21(30)17-27-23(29)31)25-11-6-16-32-20-9-13-28(14-10-20)18-19-7-4-3-5-8-19;/h3-5,7-8,20H,2,6,9-18H2,1H3,(H,27,31)(H2,24,25,26);1H. The summed E-state index contributed by atoms with van der Waals surface area (Å²) in [4.78, 5) is 31.4. The monoisotopic (exact) mass is 572 g/mol. The number of guanidine groups is 1. The van der Waals surface area contributed by atoms with E-state index in [-0.39, 0.29) is 42.5 Å². The van der Waals surface area contributed by atoms with Gasteiger partial charge in [-0.05, 0) is 31.7 Å². The van der Waals surface area contributed by atoms with Crippen LogP contribution in [0, 0.1) is 0 Å². The number of urea groups is 1. The molecular formula is C23H37IN6O3. The second-order valence-corrected chi connectivity index (χ2v) is 8.08. The molecule has 9 nitrogen and oxygen atoms in total. The number of hydrogen-bond donors (Lipinski definition) is 3. The van der Waals surface area contributed by atoms with E-state index in [4.69, 9.17) is 4.74 Å². The van der Waals surface area contributed by atoms with Crippen LogP contribution in [0.2, 0.25) is 0 Å². The van der Waals surface area contributed by atoms with Crippen LogP contribution in [-0.2, 0) is 16.1 Å². The number of amides is 3. The van der Waals surface area contributed by atoms with Gasteiger partial charge in [0.25, 0.3) is 0 Å². The number of carbonyl (C=O) groups excluding carboxylic acids is 2. The molecule has 184 valence electrons. The van der Waals surface area contributed by atoms with Crippen LogP contribution in [0.15, 0.2) is 35.3 Å². The lowest BCUT2D eigenvalue weighted by molar-refractivity contribution is -0.124. The summed E-state index contributed by atoms with van der Waals surface area (Å²) in [6.07, 6.45) is 3.33. The van der Waals surface area contributed by atoms with Gasteiger partial charge in [-0.3, -0.25) is 19.6 Å². The number of rotatable bonds is 11. The predicted octanol–water partition coefficient (Wildman–Crippen LogP) is 1.78. The molecule has 1 aromatic rings. The highest BCUT2D eigenvalue weighted by atomic mass is 127. The smallest absolute Gasteiger partial charge is 0.324 e. The summed E-state index contributed by atoms with van der Waals surface area (Å²) in [6, 6.07) is 10.3. The summed E-state index contributed by atoms with van der Waals surface area (Å²) in [5.41, 5.74) is 1.37. The molecule has 0 radical (unpaired) electrons. The van der Waals surface area contributed by atoms with E-state index in [1.165, 1.54) is 10.5 Å². The van der Waals surface area contributed by atoms with Gasteiger partial charge in [-0.1, -0.05) is 30.3 Å². The van der Waals surface area contributed by atoms with Crippen molar-refractivity contribution in [2.45, 2.75) is 38.8 Å². The van der Waals surface area contributed by atoms with Crippen LogP contribution in [0.3, 0.4) is 0 Å². The Bertz CT molecular complexity index is 740. The van der Waals surface area contributed by atoms with Gasteiger partial charge in [0.1, 0.15) is 0 Å². The van der Waals surface area contributed by atoms with Crippen molar-refractivity contribution in [3.63, 3.8) is 0 Å². The fourth-order valence-corrected chi connectivity index (χ4v) is 3.89. The molecule has 0 aliphatic carbocycles. The van der Waals surface area contributed by atoms with Crippen LogP contribution in [-0.4, -0.2) is 86.2 Å². The van der Waals surface area contributed by atoms with E-state index < -0.39 is 0 Å². The number of ether oxygens (including phenoxy) is 1. The summed E-state index contributed by atoms with van der Waals surface area (Å²) in [5.74, 6) is 0.496. The zero-order valence-corrected chi connectivity index (χ0v) is 21.8. The Balaban J connectivity index is 0.00000385. The van der Waals surface area contributed by atoms with Crippen molar-refractivity contribution in [2.75, 3.05) is 52.4 Å². The molecular weight excluding hydrogens is 535 g/mol. The minimum atomic E-state index is -0.332. The highest BCUT2D eigenvalue weighted by Crippen LogP contribution is 2.16. The van der Waals surface area contributed by atoms with Crippen molar-refractivity contribution in [3.05, 3.63) is 35.9 Å². The maximum atomic E-state index is 11.6. The van der Waals surface area contributed by atoms with Gasteiger partial charge < -0.3 is 20.7 Å². The summed E-state index contributed by atoms with van der Waals surface area (Å²) in [6.45, 7) is 8.13. The van der Waals surface area contributed by atoms with Crippen LogP contribution >= 0.6 is 24.0 Å². The van der Waals surface area contributed by atoms with Crippen LogP contribution in [0.1, 0.15) is 31.7 Å². The maximum absolute atomic E-state index is 11.6. The molecule has 2 fully saturated rings. The van der Waals surface area contributed by atoms with Crippen LogP contribution < -0.4 is 16.0 Å². The number of likely N-dealkylation sites (tertiary alicyclic amines) is 1. The number of imide groups is 1. The molecule has 1 aromatic carbocycles. The van der Waals surface area contributed by atoms with Gasteiger partial charge in [-0.25, -0.2) is 4.79 Å². The lowest BCUT2D eigenvalue weighted by Crippen LogP contribution is -2.43. The van der Waals surface area contributed by atoms with Crippen molar-refractivity contribution >= 4 is 41.9 Å². The topological polar surface area (TPSA) is 98.3 Å². The molecule has 3 N–H and O–H groups in total. The average molecular weight is 572 g/mol. The van der Waals surface area contributed by atoms with Crippen molar-refractivity contribution in [3.8, 4) is 0 Å². The third-order valence-electron chi connectivity index (χ3n) is 5.62. The van der Waals surface area contributed by atoms with Gasteiger partial charge in [-0.2, -0.15) is 0 Å². The largest absolute Gasteiger partial charge is 0.378 e. The van der Waals surface area contributed by atoms with Gasteiger partial charge in [0.15, 0.2) is 5.96 Å². The number of nitrogens with one attached hydrogen (secondary N) is 3. The molecule has 0 saturated carbocycles. The Morgan fingerprint density at radius 2 is 1.94 bits per heavy atom. The van der Waals surface area contributed by atoms with Crippen LogP contribution in [0.25, 0.3) is 0 Å². The highest BCUT2D eigenvalue weighted by Gasteiger charge is 2.27. The number of aliphatic imine (C=N–C) groups is 1. The molecule has 0 atom stereocenters. The fraction of sp³-hybridized carbons (Fsp3) is 0.609. The Labute approximate surface area is 213 Å². The molecule has 2 saturated heterocycles. The van der Waals surface area contributed by atoms with Gasteiger partial charge in [-0.15, -0.1) is 24.0 Å². The molecule has 33 heavy (non-hydrogen) atoms. The van der Waals surface area contributed by atoms with E-state index in [0.717, 1.165) is 45.4 Å². The van der Waals surface area contributed by atoms with Gasteiger partial charge in [0, 0.05) is 52.4 Å². The van der Waals surface area contributed by atoms with Crippen molar-refractivity contribution in [1.82, 2.24) is 25.8 Å². The lowest BCUT2D eigenvalue weighted by atomic mass is 10.1. The molecule has 2 aliphatic rings. The first-order chi connectivity index (χ1) is 15.7. The normalized spacial score (nSPS) is 17.6. The molecule has 0 aromatic heterocycles. The van der Waals surface area contributed by atoms with Crippen molar-refractivity contribution < 1.29 is 14.3 Å². The van der Waals surface area contributed by atoms with E-state index in [1.807, 2.05) is 6.92 Å². The van der Waals surface area contributed by atoms with E-state index >= 15 is 0 Å². The van der Waals surface area contributed by atoms with E-state index in [0.29, 0.717) is 38.3 Å². The van der Waals surface area contributed by atoms with Crippen molar-refractivity contribution in [2.24, 2.45) is 4.99 Å². The summed E-state index contributed by atoms with van der Waals surface area (Å²) >= 11 is 0. The predicted molar refractivity (Wildman–Crippen MR) is 140 cm³/mol. The first-order valence-corrected chi connectivity index (χ1v) is 11.6. The van der Waals surface area contributed by atoms with Crippen molar-refractivity contribution in [1.29, 1.82) is 0 Å². The Kier molecular flexibility index (Phi) is 12.5. The van der Waals surface area contributed by atoms with E-state index in [2.05, 4.69) is 56.2 Å². The summed E-state index contributed by atoms with van der Waals surface area (Å²) < 4.78 is 6.07. The third kappa shape index (κ3) is 9.46. The average Bonchev–Trinajstić information content (AvgIpc) is 3.13. The molecule has 0 spiro atoms. The molecule has 2 heterocycles. The van der Waals surface area contributed by atoms with Crippen LogP contribution in [0.5, 0.6) is 0 Å². The second kappa shape index (κ2) is 15.1. The fourth-order valence-electron chi connectivity index (χ4n) is 3.89. The molecule has 3 rings (SSSR count). The molecule has 0 unspecified atom stereocenters. The number of hydrogen-bond acceptors (Lipinski definition) is 5. The Morgan fingerprint density at radius 1 is 1.18 bits per heavy atom. The highest BCUT2D eigenvalue weighted by molar-refractivity contribution is 14.0. The number of halogens is 1. The van der Waals surface area contributed by atoms with Crippen LogP contribution in [0.4, 0.5) is 4.79 Å². The molecule has 0 bridgehead atoms. The SMILES string of the molecule is CCNC(=NCCCOC1CCN(Cc2ccccc2)CC1)NCCN1C(=O)CNC1=O.I. The Morgan fingerprint density at radius 3 is 2.61 bits per heavy atom. The zero-order chi connectivity index (χ0) is 22.6. The number of piperidine rings is 1. The third-order valence-corrected chi connectivity index (χ3v) is 5.62. The number of benzene rings is 1. The Hall–Kier alpha value is -1.92. The lowest BCUT2D eigenvalue weighted by Gasteiger charge is -2.31. The van der Waals surface area contributed by atoms with E-state index in [9.17, 15) is 9.59 Å². The molecule has 10 heteroatoms. The quantitative estimate of drug-likeness (QED) is 0.123. The van der Waals surface area contributed by atoms with E-state index in [1.54, 1.807) is 0 Å². The first-order valence-electron chi connectivity index (χ1n) is 11.6. The summed E-state index contributed by atoms with van der Waals surface area (Å²) in [5, 5.41) is 8.87. The minimum absolute atomic E-state index is 0. The number of nitrogens with zero attached hydrogens (tertiary/aromatic N) is 3. The second-order valence-electron chi connectivity index (χ2n) is 8.08. The minimum Gasteiger partial charge on any atom is -0.378 e. The number of carbonyl (C=O) groups is 2. The molecule has 2 aliphatic heterocycles. The first kappa shape index (κ1) is 27.3. The molecule has 3 amide bonds. The van der Waals surface area contributed by atoms with Gasteiger partial charge >= 0.3 is 6.03 Å². The summed E-state index contributed by atoms with van der Waals surface area (Å²) in [7, 11) is 0. The zero-order valence-electron chi connectivity index (χ0n) is 19.4.